The van der Waals surface area contributed by atoms with Crippen molar-refractivity contribution in [2.75, 3.05) is 45.7 Å². The Hall–Kier alpha value is -2.68. The Labute approximate surface area is 146 Å². The molecule has 9 nitrogen and oxygen atoms in total. The van der Waals surface area contributed by atoms with E-state index in [1.807, 2.05) is 13.8 Å². The molecule has 2 amide bonds. The monoisotopic (exact) mass is 352 g/mol. The summed E-state index contributed by atoms with van der Waals surface area (Å²) in [5.74, 6) is -0.136. The number of nitrogens with zero attached hydrogens (tertiary/aromatic N) is 3. The fraction of sp³-hybridized carbons (Fsp3) is 0.500. The number of hydrogen-bond donors (Lipinski definition) is 1. The molecule has 25 heavy (non-hydrogen) atoms. The molecule has 9 heteroatoms. The summed E-state index contributed by atoms with van der Waals surface area (Å²) in [5.41, 5.74) is 0.0614. The number of nitro benzene ring substituents is 1. The van der Waals surface area contributed by atoms with Gasteiger partial charge in [-0.3, -0.25) is 24.6 Å². The Morgan fingerprint density at radius 2 is 1.88 bits per heavy atom. The molecule has 1 N–H and O–H groups in total. The van der Waals surface area contributed by atoms with Gasteiger partial charge in [-0.25, -0.2) is 0 Å². The number of amides is 2. The zero-order valence-electron chi connectivity index (χ0n) is 14.9. The molecule has 1 aromatic rings. The standard InChI is InChI=1S/C16H24N4O5/c1-5-19(6-2)16(22)11-18(3)10-15(21)17-13-9-12(20(23)24)7-8-14(13)25-4/h7-9H,5-6,10-11H2,1-4H3,(H,17,21). The van der Waals surface area contributed by atoms with Gasteiger partial charge in [0.2, 0.25) is 11.8 Å². The molecule has 0 aromatic heterocycles. The molecule has 1 rings (SSSR count). The second-order valence-corrected chi connectivity index (χ2v) is 5.43. The number of likely N-dealkylation sites (N-methyl/N-ethyl adjacent to an activating group) is 2. The lowest BCUT2D eigenvalue weighted by atomic mass is 10.2. The highest BCUT2D eigenvalue weighted by molar-refractivity contribution is 5.94. The molecule has 0 bridgehead atoms. The topological polar surface area (TPSA) is 105 Å². The number of hydrogen-bond acceptors (Lipinski definition) is 6. The van der Waals surface area contributed by atoms with E-state index in [9.17, 15) is 19.7 Å². The summed E-state index contributed by atoms with van der Waals surface area (Å²) in [6.07, 6.45) is 0. The molecule has 0 aliphatic carbocycles. The van der Waals surface area contributed by atoms with E-state index in [0.717, 1.165) is 0 Å². The maximum absolute atomic E-state index is 12.2. The van der Waals surface area contributed by atoms with Crippen molar-refractivity contribution in [1.29, 1.82) is 0 Å². The van der Waals surface area contributed by atoms with E-state index in [2.05, 4.69) is 5.32 Å². The first-order valence-corrected chi connectivity index (χ1v) is 7.90. The Morgan fingerprint density at radius 1 is 1.24 bits per heavy atom. The third kappa shape index (κ3) is 6.03. The summed E-state index contributed by atoms with van der Waals surface area (Å²) < 4.78 is 5.10. The van der Waals surface area contributed by atoms with Crippen molar-refractivity contribution in [3.63, 3.8) is 0 Å². The van der Waals surface area contributed by atoms with Gasteiger partial charge in [0.25, 0.3) is 5.69 Å². The highest BCUT2D eigenvalue weighted by Crippen LogP contribution is 2.28. The van der Waals surface area contributed by atoms with Crippen LogP contribution < -0.4 is 10.1 Å². The Kier molecular flexibility index (Phi) is 7.80. The zero-order chi connectivity index (χ0) is 19.0. The average Bonchev–Trinajstić information content (AvgIpc) is 2.55. The second kappa shape index (κ2) is 9.58. The van der Waals surface area contributed by atoms with Gasteiger partial charge in [-0.2, -0.15) is 0 Å². The van der Waals surface area contributed by atoms with Gasteiger partial charge in [-0.1, -0.05) is 0 Å². The molecule has 0 heterocycles. The van der Waals surface area contributed by atoms with Gasteiger partial charge in [-0.05, 0) is 27.0 Å². The minimum Gasteiger partial charge on any atom is -0.495 e. The van der Waals surface area contributed by atoms with Crippen molar-refractivity contribution in [3.05, 3.63) is 28.3 Å². The highest BCUT2D eigenvalue weighted by atomic mass is 16.6. The minimum absolute atomic E-state index is 0.0289. The Morgan fingerprint density at radius 3 is 2.40 bits per heavy atom. The maximum atomic E-state index is 12.2. The molecule has 0 atom stereocenters. The molecular weight excluding hydrogens is 328 g/mol. The van der Waals surface area contributed by atoms with Crippen LogP contribution in [0, 0.1) is 10.1 Å². The molecule has 138 valence electrons. The number of non-ortho nitro benzene ring substituents is 1. The fourth-order valence-corrected chi connectivity index (χ4v) is 2.31. The van der Waals surface area contributed by atoms with Gasteiger partial charge >= 0.3 is 0 Å². The Balaban J connectivity index is 2.71. The van der Waals surface area contributed by atoms with E-state index < -0.39 is 10.8 Å². The zero-order valence-corrected chi connectivity index (χ0v) is 14.9. The van der Waals surface area contributed by atoms with Gasteiger partial charge in [0, 0.05) is 25.2 Å². The van der Waals surface area contributed by atoms with Crippen LogP contribution in [0.1, 0.15) is 13.8 Å². The van der Waals surface area contributed by atoms with Crippen molar-refractivity contribution < 1.29 is 19.2 Å². The predicted octanol–water partition coefficient (Wildman–Crippen LogP) is 1.34. The van der Waals surface area contributed by atoms with Crippen molar-refractivity contribution in [3.8, 4) is 5.75 Å². The van der Waals surface area contributed by atoms with E-state index in [1.54, 1.807) is 16.8 Å². The van der Waals surface area contributed by atoms with Gasteiger partial charge in [0.15, 0.2) is 0 Å². The third-order valence-electron chi connectivity index (χ3n) is 3.60. The molecule has 0 spiro atoms. The quantitative estimate of drug-likeness (QED) is 0.531. The lowest BCUT2D eigenvalue weighted by Crippen LogP contribution is -2.41. The van der Waals surface area contributed by atoms with Gasteiger partial charge in [0.05, 0.1) is 30.8 Å². The first-order valence-electron chi connectivity index (χ1n) is 7.90. The van der Waals surface area contributed by atoms with E-state index in [4.69, 9.17) is 4.74 Å². The van der Waals surface area contributed by atoms with Crippen LogP contribution in [0.2, 0.25) is 0 Å². The van der Waals surface area contributed by atoms with Crippen molar-refractivity contribution in [2.24, 2.45) is 0 Å². The predicted molar refractivity (Wildman–Crippen MR) is 93.7 cm³/mol. The van der Waals surface area contributed by atoms with Crippen LogP contribution in [0.15, 0.2) is 18.2 Å². The van der Waals surface area contributed by atoms with Crippen LogP contribution >= 0.6 is 0 Å². The molecular formula is C16H24N4O5. The Bertz CT molecular complexity index is 631. The van der Waals surface area contributed by atoms with Crippen molar-refractivity contribution in [2.45, 2.75) is 13.8 Å². The smallest absolute Gasteiger partial charge is 0.271 e. The normalized spacial score (nSPS) is 10.4. The van der Waals surface area contributed by atoms with Crippen LogP contribution in [0.5, 0.6) is 5.75 Å². The second-order valence-electron chi connectivity index (χ2n) is 5.43. The fourth-order valence-electron chi connectivity index (χ4n) is 2.31. The molecule has 1 aromatic carbocycles. The van der Waals surface area contributed by atoms with Crippen molar-refractivity contribution in [1.82, 2.24) is 9.80 Å². The first kappa shape index (κ1) is 20.4. The lowest BCUT2D eigenvalue weighted by Gasteiger charge is -2.22. The minimum atomic E-state index is -0.552. The molecule has 0 aliphatic rings. The summed E-state index contributed by atoms with van der Waals surface area (Å²) in [5, 5.41) is 13.4. The molecule has 0 saturated carbocycles. The molecule has 0 saturated heterocycles. The van der Waals surface area contributed by atoms with E-state index in [0.29, 0.717) is 18.8 Å². The van der Waals surface area contributed by atoms with Crippen LogP contribution in [-0.2, 0) is 9.59 Å². The van der Waals surface area contributed by atoms with Crippen molar-refractivity contribution >= 4 is 23.2 Å². The van der Waals surface area contributed by atoms with Gasteiger partial charge in [-0.15, -0.1) is 0 Å². The number of nitro groups is 1. The summed E-state index contributed by atoms with van der Waals surface area (Å²) in [4.78, 5) is 37.8. The first-order chi connectivity index (χ1) is 11.8. The number of methoxy groups -OCH3 is 1. The summed E-state index contributed by atoms with van der Waals surface area (Å²) in [6, 6.07) is 3.95. The van der Waals surface area contributed by atoms with Gasteiger partial charge in [0.1, 0.15) is 5.75 Å². The average molecular weight is 352 g/mol. The summed E-state index contributed by atoms with van der Waals surface area (Å²) in [6.45, 7) is 5.09. The molecule has 0 aliphatic heterocycles. The summed E-state index contributed by atoms with van der Waals surface area (Å²) in [7, 11) is 3.07. The number of anilines is 1. The lowest BCUT2D eigenvalue weighted by molar-refractivity contribution is -0.384. The van der Waals surface area contributed by atoms with E-state index in [-0.39, 0.29) is 30.4 Å². The number of carbonyl (C=O) groups excluding carboxylic acids is 2. The van der Waals surface area contributed by atoms with E-state index in [1.165, 1.54) is 25.3 Å². The van der Waals surface area contributed by atoms with Crippen LogP contribution in [0.3, 0.4) is 0 Å². The molecule has 0 fully saturated rings. The number of rotatable bonds is 9. The molecule has 0 radical (unpaired) electrons. The van der Waals surface area contributed by atoms with Crippen LogP contribution in [0.25, 0.3) is 0 Å². The summed E-state index contributed by atoms with van der Waals surface area (Å²) >= 11 is 0. The maximum Gasteiger partial charge on any atom is 0.271 e. The number of carbonyl (C=O) groups is 2. The van der Waals surface area contributed by atoms with Crippen LogP contribution in [-0.4, -0.2) is 66.9 Å². The third-order valence-corrected chi connectivity index (χ3v) is 3.60. The number of benzene rings is 1. The van der Waals surface area contributed by atoms with E-state index >= 15 is 0 Å². The largest absolute Gasteiger partial charge is 0.495 e. The highest BCUT2D eigenvalue weighted by Gasteiger charge is 2.17. The number of ether oxygens (including phenoxy) is 1. The SMILES string of the molecule is CCN(CC)C(=O)CN(C)CC(=O)Nc1cc([N+](=O)[O-])ccc1OC. The van der Waals surface area contributed by atoms with Crippen LogP contribution in [0.4, 0.5) is 11.4 Å². The van der Waals surface area contributed by atoms with Gasteiger partial charge < -0.3 is 15.0 Å². The number of nitrogens with one attached hydrogen (secondary N) is 1. The molecule has 0 unspecified atom stereocenters.